The zero-order valence-electron chi connectivity index (χ0n) is 14.7. The number of nitro groups is 1. The number of non-ortho nitro benzene ring substituents is 1. The molecule has 9 nitrogen and oxygen atoms in total. The van der Waals surface area contributed by atoms with E-state index in [0.717, 1.165) is 41.8 Å². The number of benzene rings is 2. The van der Waals surface area contributed by atoms with Gasteiger partial charge in [0.25, 0.3) is 11.6 Å². The summed E-state index contributed by atoms with van der Waals surface area (Å²) in [6.07, 6.45) is 1.09. The SMILES string of the molecule is O=C(COc1ccc(Cl)cc1Cl)Nc1ncc(S(=O)(=O)c2ccc([N+](=O)[O-])cc2)s1. The number of anilines is 1. The normalized spacial score (nSPS) is 11.1. The lowest BCUT2D eigenvalue weighted by Crippen LogP contribution is -2.20. The lowest BCUT2D eigenvalue weighted by molar-refractivity contribution is -0.384. The average molecular weight is 488 g/mol. The molecule has 1 heterocycles. The number of thiazole rings is 1. The zero-order chi connectivity index (χ0) is 21.9. The Morgan fingerprint density at radius 3 is 2.53 bits per heavy atom. The van der Waals surface area contributed by atoms with E-state index >= 15 is 0 Å². The molecule has 0 saturated carbocycles. The number of amides is 1. The van der Waals surface area contributed by atoms with E-state index in [1.807, 2.05) is 0 Å². The van der Waals surface area contributed by atoms with E-state index in [1.54, 1.807) is 6.07 Å². The Bertz CT molecular complexity index is 1210. The molecule has 1 amide bonds. The van der Waals surface area contributed by atoms with Crippen molar-refractivity contribution in [3.05, 3.63) is 68.8 Å². The van der Waals surface area contributed by atoms with Crippen molar-refractivity contribution in [2.24, 2.45) is 0 Å². The third-order valence-corrected chi connectivity index (χ3v) is 7.28. The van der Waals surface area contributed by atoms with Crippen molar-refractivity contribution >= 4 is 61.1 Å². The molecule has 0 bridgehead atoms. The fraction of sp³-hybridized carbons (Fsp3) is 0.0588. The number of nitrogens with one attached hydrogen (secondary N) is 1. The van der Waals surface area contributed by atoms with E-state index in [9.17, 15) is 23.3 Å². The van der Waals surface area contributed by atoms with Gasteiger partial charge in [0.05, 0.1) is 21.0 Å². The van der Waals surface area contributed by atoms with Crippen LogP contribution in [-0.4, -0.2) is 30.8 Å². The van der Waals surface area contributed by atoms with Gasteiger partial charge in [-0.15, -0.1) is 0 Å². The first kappa shape index (κ1) is 22.0. The van der Waals surface area contributed by atoms with Crippen LogP contribution in [0.1, 0.15) is 0 Å². The molecule has 3 rings (SSSR count). The van der Waals surface area contributed by atoms with E-state index in [4.69, 9.17) is 27.9 Å². The fourth-order valence-electron chi connectivity index (χ4n) is 2.20. The number of ether oxygens (including phenoxy) is 1. The molecule has 2 aromatic carbocycles. The van der Waals surface area contributed by atoms with Crippen molar-refractivity contribution in [2.75, 3.05) is 11.9 Å². The molecular formula is C17H11Cl2N3O6S2. The summed E-state index contributed by atoms with van der Waals surface area (Å²) in [5, 5.41) is 13.8. The first-order valence-corrected chi connectivity index (χ1v) is 11.1. The predicted molar refractivity (Wildman–Crippen MR) is 111 cm³/mol. The lowest BCUT2D eigenvalue weighted by atomic mass is 10.3. The Morgan fingerprint density at radius 1 is 1.20 bits per heavy atom. The summed E-state index contributed by atoms with van der Waals surface area (Å²) in [5.74, 6) is -0.313. The predicted octanol–water partition coefficient (Wildman–Crippen LogP) is 4.21. The highest BCUT2D eigenvalue weighted by Crippen LogP contribution is 2.30. The van der Waals surface area contributed by atoms with Crippen molar-refractivity contribution in [3.63, 3.8) is 0 Å². The molecule has 1 N–H and O–H groups in total. The minimum absolute atomic E-state index is 0.0475. The number of aromatic nitrogens is 1. The Balaban J connectivity index is 1.66. The van der Waals surface area contributed by atoms with Gasteiger partial charge in [0.1, 0.15) is 9.96 Å². The summed E-state index contributed by atoms with van der Waals surface area (Å²) >= 11 is 12.5. The van der Waals surface area contributed by atoms with Crippen molar-refractivity contribution in [2.45, 2.75) is 9.10 Å². The van der Waals surface area contributed by atoms with Crippen LogP contribution in [0.25, 0.3) is 0 Å². The molecule has 1 aromatic heterocycles. The van der Waals surface area contributed by atoms with Crippen LogP contribution >= 0.6 is 34.5 Å². The summed E-state index contributed by atoms with van der Waals surface area (Å²) in [6.45, 7) is -0.384. The number of carbonyl (C=O) groups is 1. The van der Waals surface area contributed by atoms with E-state index in [1.165, 1.54) is 12.1 Å². The van der Waals surface area contributed by atoms with Gasteiger partial charge < -0.3 is 4.74 Å². The van der Waals surface area contributed by atoms with Crippen LogP contribution in [0.15, 0.2) is 57.8 Å². The summed E-state index contributed by atoms with van der Waals surface area (Å²) < 4.78 is 30.4. The van der Waals surface area contributed by atoms with Crippen molar-refractivity contribution in [1.82, 2.24) is 4.98 Å². The van der Waals surface area contributed by atoms with Gasteiger partial charge in [0.2, 0.25) is 9.84 Å². The number of nitrogens with zero attached hydrogens (tertiary/aromatic N) is 2. The minimum Gasteiger partial charge on any atom is -0.482 e. The van der Waals surface area contributed by atoms with Crippen LogP contribution in [0.5, 0.6) is 5.75 Å². The molecular weight excluding hydrogens is 477 g/mol. The van der Waals surface area contributed by atoms with E-state index in [2.05, 4.69) is 10.3 Å². The number of hydrogen-bond donors (Lipinski definition) is 1. The highest BCUT2D eigenvalue weighted by atomic mass is 35.5. The molecule has 0 saturated heterocycles. The number of sulfone groups is 1. The van der Waals surface area contributed by atoms with Crippen molar-refractivity contribution < 1.29 is 22.9 Å². The van der Waals surface area contributed by atoms with E-state index < -0.39 is 20.7 Å². The third-order valence-electron chi connectivity index (χ3n) is 3.61. The molecule has 0 radical (unpaired) electrons. The van der Waals surface area contributed by atoms with Crippen LogP contribution in [-0.2, 0) is 14.6 Å². The molecule has 3 aromatic rings. The van der Waals surface area contributed by atoms with Crippen molar-refractivity contribution in [3.8, 4) is 5.75 Å². The number of rotatable bonds is 7. The molecule has 0 spiro atoms. The van der Waals surface area contributed by atoms with Crippen LogP contribution in [0.3, 0.4) is 0 Å². The Hall–Kier alpha value is -2.73. The van der Waals surface area contributed by atoms with Gasteiger partial charge in [-0.1, -0.05) is 34.5 Å². The van der Waals surface area contributed by atoms with Crippen LogP contribution < -0.4 is 10.1 Å². The second-order valence-corrected chi connectivity index (χ2v) is 9.70. The van der Waals surface area contributed by atoms with Crippen LogP contribution in [0.4, 0.5) is 10.8 Å². The molecule has 0 unspecified atom stereocenters. The number of carbonyl (C=O) groups excluding carboxylic acids is 1. The fourth-order valence-corrected chi connectivity index (χ4v) is 5.11. The average Bonchev–Trinajstić information content (AvgIpc) is 3.16. The largest absolute Gasteiger partial charge is 0.482 e. The monoisotopic (exact) mass is 487 g/mol. The van der Waals surface area contributed by atoms with Gasteiger partial charge in [0, 0.05) is 17.2 Å². The van der Waals surface area contributed by atoms with Gasteiger partial charge in [-0.05, 0) is 30.3 Å². The Kier molecular flexibility index (Phi) is 6.56. The second kappa shape index (κ2) is 8.96. The standard InChI is InChI=1S/C17H11Cl2N3O6S2/c18-10-1-6-14(13(19)7-10)28-9-15(23)21-17-20-8-16(29-17)30(26,27)12-4-2-11(3-5-12)22(24)25/h1-8H,9H2,(H,20,21,23). The van der Waals surface area contributed by atoms with E-state index in [0.29, 0.717) is 5.02 Å². The number of halogens is 2. The summed E-state index contributed by atoms with van der Waals surface area (Å²) in [6, 6.07) is 8.98. The first-order valence-electron chi connectivity index (χ1n) is 8.00. The maximum absolute atomic E-state index is 12.6. The molecule has 156 valence electrons. The van der Waals surface area contributed by atoms with Gasteiger partial charge >= 0.3 is 0 Å². The number of nitro benzene ring substituents is 1. The highest BCUT2D eigenvalue weighted by molar-refractivity contribution is 7.93. The molecule has 0 aliphatic carbocycles. The lowest BCUT2D eigenvalue weighted by Gasteiger charge is -2.07. The smallest absolute Gasteiger partial charge is 0.269 e. The van der Waals surface area contributed by atoms with Gasteiger partial charge in [0.15, 0.2) is 11.7 Å². The molecule has 0 atom stereocenters. The van der Waals surface area contributed by atoms with Gasteiger partial charge in [-0.3, -0.25) is 20.2 Å². The first-order chi connectivity index (χ1) is 14.2. The Labute approximate surface area is 184 Å². The molecule has 30 heavy (non-hydrogen) atoms. The summed E-state index contributed by atoms with van der Waals surface area (Å²) in [4.78, 5) is 25.9. The maximum atomic E-state index is 12.6. The zero-order valence-corrected chi connectivity index (χ0v) is 17.9. The van der Waals surface area contributed by atoms with Crippen molar-refractivity contribution in [1.29, 1.82) is 0 Å². The number of hydrogen-bond acceptors (Lipinski definition) is 8. The van der Waals surface area contributed by atoms with Crippen LogP contribution in [0, 0.1) is 10.1 Å². The maximum Gasteiger partial charge on any atom is 0.269 e. The molecule has 0 aliphatic rings. The quantitative estimate of drug-likeness (QED) is 0.390. The minimum atomic E-state index is -3.94. The Morgan fingerprint density at radius 2 is 1.90 bits per heavy atom. The molecule has 13 heteroatoms. The molecule has 0 aliphatic heterocycles. The summed E-state index contributed by atoms with van der Waals surface area (Å²) in [7, 11) is -3.94. The van der Waals surface area contributed by atoms with Gasteiger partial charge in [-0.25, -0.2) is 13.4 Å². The third kappa shape index (κ3) is 5.05. The summed E-state index contributed by atoms with van der Waals surface area (Å²) in [5.41, 5.74) is -0.230. The van der Waals surface area contributed by atoms with Gasteiger partial charge in [-0.2, -0.15) is 0 Å². The highest BCUT2D eigenvalue weighted by Gasteiger charge is 2.22. The van der Waals surface area contributed by atoms with E-state index in [-0.39, 0.29) is 37.3 Å². The van der Waals surface area contributed by atoms with Crippen LogP contribution in [0.2, 0.25) is 10.0 Å². The topological polar surface area (TPSA) is 128 Å². The molecule has 0 fully saturated rings. The second-order valence-electron chi connectivity index (χ2n) is 5.65.